The Morgan fingerprint density at radius 2 is 2.25 bits per heavy atom. The maximum absolute atomic E-state index is 13.2. The number of carbonyl (C=O) groups is 1. The summed E-state index contributed by atoms with van der Waals surface area (Å²) in [6, 6.07) is 4.60. The van der Waals surface area contributed by atoms with Crippen molar-refractivity contribution >= 4 is 21.9 Å². The number of hydrogen-bond acceptors (Lipinski definition) is 2. The van der Waals surface area contributed by atoms with E-state index in [0.29, 0.717) is 23.0 Å². The highest BCUT2D eigenvalue weighted by Gasteiger charge is 2.19. The Kier molecular flexibility index (Phi) is 4.89. The van der Waals surface area contributed by atoms with E-state index < -0.39 is 11.9 Å². The fourth-order valence-corrected chi connectivity index (χ4v) is 1.91. The van der Waals surface area contributed by atoms with E-state index in [1.807, 2.05) is 0 Å². The SMILES string of the molecule is NCCC(Cc1cccc(F)c1Br)C(=O)O. The lowest BCUT2D eigenvalue weighted by atomic mass is 9.96. The zero-order valence-corrected chi connectivity index (χ0v) is 10.2. The van der Waals surface area contributed by atoms with Gasteiger partial charge in [0.2, 0.25) is 0 Å². The van der Waals surface area contributed by atoms with E-state index >= 15 is 0 Å². The largest absolute Gasteiger partial charge is 0.481 e. The maximum Gasteiger partial charge on any atom is 0.306 e. The van der Waals surface area contributed by atoms with Crippen LogP contribution in [0.1, 0.15) is 12.0 Å². The molecule has 88 valence electrons. The summed E-state index contributed by atoms with van der Waals surface area (Å²) >= 11 is 3.11. The zero-order valence-electron chi connectivity index (χ0n) is 8.62. The maximum atomic E-state index is 13.2. The van der Waals surface area contributed by atoms with E-state index in [9.17, 15) is 9.18 Å². The summed E-state index contributed by atoms with van der Waals surface area (Å²) in [6.45, 7) is 0.309. The van der Waals surface area contributed by atoms with Crippen LogP contribution < -0.4 is 5.73 Å². The summed E-state index contributed by atoms with van der Waals surface area (Å²) in [7, 11) is 0. The average Bonchev–Trinajstić information content (AvgIpc) is 2.23. The van der Waals surface area contributed by atoms with Gasteiger partial charge in [-0.25, -0.2) is 4.39 Å². The second-order valence-corrected chi connectivity index (χ2v) is 4.32. The van der Waals surface area contributed by atoms with E-state index in [4.69, 9.17) is 10.8 Å². The molecular formula is C11H13BrFNO2. The molecule has 0 bridgehead atoms. The third-order valence-electron chi connectivity index (χ3n) is 2.36. The first-order valence-electron chi connectivity index (χ1n) is 4.92. The third-order valence-corrected chi connectivity index (χ3v) is 3.25. The molecule has 0 fully saturated rings. The molecule has 0 aliphatic carbocycles. The van der Waals surface area contributed by atoms with Crippen LogP contribution >= 0.6 is 15.9 Å². The minimum Gasteiger partial charge on any atom is -0.481 e. The van der Waals surface area contributed by atoms with E-state index in [-0.39, 0.29) is 12.2 Å². The molecule has 0 aliphatic heterocycles. The van der Waals surface area contributed by atoms with Crippen molar-refractivity contribution in [2.75, 3.05) is 6.54 Å². The van der Waals surface area contributed by atoms with Crippen molar-refractivity contribution in [3.63, 3.8) is 0 Å². The number of carboxylic acid groups (broad SMARTS) is 1. The Morgan fingerprint density at radius 1 is 1.56 bits per heavy atom. The van der Waals surface area contributed by atoms with Crippen LogP contribution in [-0.4, -0.2) is 17.6 Å². The minimum absolute atomic E-state index is 0.283. The molecule has 0 heterocycles. The van der Waals surface area contributed by atoms with E-state index in [2.05, 4.69) is 15.9 Å². The van der Waals surface area contributed by atoms with Crippen LogP contribution in [0.2, 0.25) is 0 Å². The van der Waals surface area contributed by atoms with Crippen LogP contribution in [0.5, 0.6) is 0 Å². The molecule has 1 atom stereocenters. The summed E-state index contributed by atoms with van der Waals surface area (Å²) in [5, 5.41) is 8.96. The van der Waals surface area contributed by atoms with Crippen molar-refractivity contribution in [1.29, 1.82) is 0 Å². The van der Waals surface area contributed by atoms with Crippen molar-refractivity contribution in [1.82, 2.24) is 0 Å². The molecule has 16 heavy (non-hydrogen) atoms. The molecule has 1 unspecified atom stereocenters. The first-order valence-corrected chi connectivity index (χ1v) is 5.71. The Bertz CT molecular complexity index is 384. The number of hydrogen-bond donors (Lipinski definition) is 2. The highest BCUT2D eigenvalue weighted by atomic mass is 79.9. The Balaban J connectivity index is 2.85. The van der Waals surface area contributed by atoms with Gasteiger partial charge in [0.15, 0.2) is 0 Å². The van der Waals surface area contributed by atoms with Gasteiger partial charge in [0.05, 0.1) is 10.4 Å². The summed E-state index contributed by atoms with van der Waals surface area (Å²) in [5.41, 5.74) is 5.99. The number of aliphatic carboxylic acids is 1. The van der Waals surface area contributed by atoms with Gasteiger partial charge in [-0.2, -0.15) is 0 Å². The molecule has 1 aromatic carbocycles. The van der Waals surface area contributed by atoms with Gasteiger partial charge in [-0.15, -0.1) is 0 Å². The number of halogens is 2. The van der Waals surface area contributed by atoms with E-state index in [1.165, 1.54) is 6.07 Å². The lowest BCUT2D eigenvalue weighted by Crippen LogP contribution is -2.20. The molecule has 0 radical (unpaired) electrons. The molecule has 5 heteroatoms. The molecule has 0 spiro atoms. The topological polar surface area (TPSA) is 63.3 Å². The number of benzene rings is 1. The lowest BCUT2D eigenvalue weighted by Gasteiger charge is -2.12. The third kappa shape index (κ3) is 3.28. The predicted octanol–water partition coefficient (Wildman–Crippen LogP) is 2.18. The second-order valence-electron chi connectivity index (χ2n) is 3.53. The van der Waals surface area contributed by atoms with Crippen molar-refractivity contribution < 1.29 is 14.3 Å². The predicted molar refractivity (Wildman–Crippen MR) is 62.6 cm³/mol. The Labute approximate surface area is 102 Å². The Hall–Kier alpha value is -0.940. The molecule has 0 saturated carbocycles. The minimum atomic E-state index is -0.901. The monoisotopic (exact) mass is 289 g/mol. The second kappa shape index (κ2) is 5.96. The van der Waals surface area contributed by atoms with Gasteiger partial charge in [-0.3, -0.25) is 4.79 Å². The van der Waals surface area contributed by atoms with Gasteiger partial charge in [0.1, 0.15) is 5.82 Å². The number of carboxylic acids is 1. The number of rotatable bonds is 5. The van der Waals surface area contributed by atoms with Crippen LogP contribution in [-0.2, 0) is 11.2 Å². The molecule has 3 nitrogen and oxygen atoms in total. The fraction of sp³-hybridized carbons (Fsp3) is 0.364. The van der Waals surface area contributed by atoms with Gasteiger partial charge < -0.3 is 10.8 Å². The zero-order chi connectivity index (χ0) is 12.1. The normalized spacial score (nSPS) is 12.4. The molecule has 1 rings (SSSR count). The highest BCUT2D eigenvalue weighted by molar-refractivity contribution is 9.10. The average molecular weight is 290 g/mol. The van der Waals surface area contributed by atoms with Gasteiger partial charge in [-0.05, 0) is 46.9 Å². The summed E-state index contributed by atoms with van der Waals surface area (Å²) in [6.07, 6.45) is 0.670. The summed E-state index contributed by atoms with van der Waals surface area (Å²) < 4.78 is 13.5. The highest BCUT2D eigenvalue weighted by Crippen LogP contribution is 2.24. The number of nitrogens with two attached hydrogens (primary N) is 1. The van der Waals surface area contributed by atoms with E-state index in [0.717, 1.165) is 0 Å². The molecular weight excluding hydrogens is 277 g/mol. The van der Waals surface area contributed by atoms with Crippen LogP contribution in [0.15, 0.2) is 22.7 Å². The van der Waals surface area contributed by atoms with Gasteiger partial charge in [0.25, 0.3) is 0 Å². The van der Waals surface area contributed by atoms with Gasteiger partial charge in [0, 0.05) is 0 Å². The van der Waals surface area contributed by atoms with Gasteiger partial charge in [-0.1, -0.05) is 12.1 Å². The van der Waals surface area contributed by atoms with Gasteiger partial charge >= 0.3 is 5.97 Å². The van der Waals surface area contributed by atoms with Crippen molar-refractivity contribution in [2.24, 2.45) is 11.7 Å². The summed E-state index contributed by atoms with van der Waals surface area (Å²) in [4.78, 5) is 10.9. The summed E-state index contributed by atoms with van der Waals surface area (Å²) in [5.74, 6) is -1.85. The smallest absolute Gasteiger partial charge is 0.306 e. The van der Waals surface area contributed by atoms with Crippen molar-refractivity contribution in [2.45, 2.75) is 12.8 Å². The fourth-order valence-electron chi connectivity index (χ4n) is 1.49. The quantitative estimate of drug-likeness (QED) is 0.873. The van der Waals surface area contributed by atoms with Crippen molar-refractivity contribution in [3.05, 3.63) is 34.1 Å². The lowest BCUT2D eigenvalue weighted by molar-refractivity contribution is -0.141. The molecule has 0 aliphatic rings. The molecule has 1 aromatic rings. The van der Waals surface area contributed by atoms with Crippen LogP contribution in [0, 0.1) is 11.7 Å². The van der Waals surface area contributed by atoms with Crippen molar-refractivity contribution in [3.8, 4) is 0 Å². The Morgan fingerprint density at radius 3 is 2.81 bits per heavy atom. The molecule has 3 N–H and O–H groups in total. The van der Waals surface area contributed by atoms with Crippen LogP contribution in [0.25, 0.3) is 0 Å². The molecule has 0 amide bonds. The first kappa shape index (κ1) is 13.1. The first-order chi connectivity index (χ1) is 7.56. The van der Waals surface area contributed by atoms with Crippen LogP contribution in [0.4, 0.5) is 4.39 Å². The van der Waals surface area contributed by atoms with Crippen LogP contribution in [0.3, 0.4) is 0 Å². The molecule has 0 aromatic heterocycles. The van der Waals surface area contributed by atoms with E-state index in [1.54, 1.807) is 12.1 Å². The molecule has 0 saturated heterocycles. The standard InChI is InChI=1S/C11H13BrFNO2/c12-10-7(2-1-3-9(10)13)6-8(4-5-14)11(15)16/h1-3,8H,4-6,14H2,(H,15,16).